The van der Waals surface area contributed by atoms with Gasteiger partial charge in [-0.15, -0.1) is 0 Å². The zero-order valence-electron chi connectivity index (χ0n) is 13.6. The minimum atomic E-state index is 0.668. The number of hydrogen-bond donors (Lipinski definition) is 0. The molecular weight excluding hydrogens is 254 g/mol. The Morgan fingerprint density at radius 3 is 2.38 bits per heavy atom. The lowest BCUT2D eigenvalue weighted by atomic mass is 9.97. The molecule has 1 heteroatoms. The van der Waals surface area contributed by atoms with Gasteiger partial charge in [-0.3, -0.25) is 0 Å². The molecule has 1 unspecified atom stereocenters. The molecule has 1 aromatic heterocycles. The van der Waals surface area contributed by atoms with E-state index in [0.29, 0.717) is 5.92 Å². The van der Waals surface area contributed by atoms with Crippen LogP contribution in [0.4, 0.5) is 0 Å². The predicted octanol–water partition coefficient (Wildman–Crippen LogP) is 6.33. The third-order valence-corrected chi connectivity index (χ3v) is 4.33. The molecule has 2 aromatic rings. The lowest BCUT2D eigenvalue weighted by Crippen LogP contribution is -1.93. The number of nitrogens with zero attached hydrogens (tertiary/aromatic N) is 1. The first-order chi connectivity index (χ1) is 10.3. The number of aromatic nitrogens is 1. The summed E-state index contributed by atoms with van der Waals surface area (Å²) in [6.07, 6.45) is 14.1. The van der Waals surface area contributed by atoms with E-state index in [1.807, 2.05) is 0 Å². The molecule has 0 bridgehead atoms. The predicted molar refractivity (Wildman–Crippen MR) is 92.2 cm³/mol. The van der Waals surface area contributed by atoms with E-state index in [-0.39, 0.29) is 0 Å². The number of unbranched alkanes of at least 4 members (excludes halogenated alkanes) is 5. The third-order valence-electron chi connectivity index (χ3n) is 4.33. The van der Waals surface area contributed by atoms with Gasteiger partial charge < -0.3 is 4.57 Å². The van der Waals surface area contributed by atoms with Gasteiger partial charge in [0.2, 0.25) is 0 Å². The number of para-hydroxylation sites is 1. The molecule has 0 aliphatic heterocycles. The summed E-state index contributed by atoms with van der Waals surface area (Å²) in [4.78, 5) is 0. The van der Waals surface area contributed by atoms with E-state index in [0.717, 1.165) is 0 Å². The van der Waals surface area contributed by atoms with E-state index >= 15 is 0 Å². The molecule has 1 aromatic carbocycles. The van der Waals surface area contributed by atoms with Gasteiger partial charge in [0.25, 0.3) is 0 Å². The highest BCUT2D eigenvalue weighted by atomic mass is 14.9. The van der Waals surface area contributed by atoms with E-state index in [2.05, 4.69) is 67.2 Å². The van der Waals surface area contributed by atoms with Gasteiger partial charge in [-0.05, 0) is 36.1 Å². The molecule has 0 N–H and O–H groups in total. The molecule has 1 atom stereocenters. The first kappa shape index (κ1) is 15.9. The van der Waals surface area contributed by atoms with Crippen LogP contribution in [0, 0.1) is 0 Å². The third kappa shape index (κ3) is 5.08. The first-order valence-electron chi connectivity index (χ1n) is 8.54. The largest absolute Gasteiger partial charge is 0.324 e. The summed E-state index contributed by atoms with van der Waals surface area (Å²) < 4.78 is 2.23. The topological polar surface area (TPSA) is 4.93 Å². The molecule has 0 spiro atoms. The van der Waals surface area contributed by atoms with Crippen molar-refractivity contribution in [2.75, 3.05) is 0 Å². The van der Waals surface area contributed by atoms with Crippen LogP contribution >= 0.6 is 0 Å². The molecule has 0 saturated heterocycles. The second kappa shape index (κ2) is 8.71. The molecule has 0 radical (unpaired) electrons. The Hall–Kier alpha value is -1.50. The minimum absolute atomic E-state index is 0.668. The van der Waals surface area contributed by atoms with Crippen molar-refractivity contribution < 1.29 is 0 Å². The van der Waals surface area contributed by atoms with Crippen LogP contribution in [0.3, 0.4) is 0 Å². The average Bonchev–Trinajstić information content (AvgIpc) is 3.01. The molecule has 0 aliphatic carbocycles. The van der Waals surface area contributed by atoms with Crippen LogP contribution in [-0.4, -0.2) is 4.57 Å². The maximum atomic E-state index is 2.36. The Balaban J connectivity index is 1.78. The molecule has 2 rings (SSSR count). The Morgan fingerprint density at radius 1 is 0.905 bits per heavy atom. The normalized spacial score (nSPS) is 12.5. The zero-order valence-corrected chi connectivity index (χ0v) is 13.6. The van der Waals surface area contributed by atoms with Crippen LogP contribution in [0.1, 0.15) is 70.3 Å². The second-order valence-corrected chi connectivity index (χ2v) is 6.15. The maximum Gasteiger partial charge on any atom is 0.0449 e. The standard InChI is InChI=1S/C20H29N/c1-3-4-5-6-7-9-12-18(2)19-15-16-21(17-19)20-13-10-8-11-14-20/h8,10-11,13-18H,3-7,9,12H2,1-2H3. The minimum Gasteiger partial charge on any atom is -0.324 e. The van der Waals surface area contributed by atoms with Crippen molar-refractivity contribution in [2.45, 2.75) is 64.7 Å². The quantitative estimate of drug-likeness (QED) is 0.474. The summed E-state index contributed by atoms with van der Waals surface area (Å²) in [5.74, 6) is 0.668. The number of rotatable bonds is 9. The Bertz CT molecular complexity index is 498. The van der Waals surface area contributed by atoms with E-state index in [9.17, 15) is 0 Å². The number of benzene rings is 1. The fourth-order valence-corrected chi connectivity index (χ4v) is 2.86. The van der Waals surface area contributed by atoms with Crippen molar-refractivity contribution in [3.8, 4) is 5.69 Å². The van der Waals surface area contributed by atoms with Gasteiger partial charge in [0, 0.05) is 18.1 Å². The fraction of sp³-hybridized carbons (Fsp3) is 0.500. The van der Waals surface area contributed by atoms with E-state index in [1.54, 1.807) is 0 Å². The highest BCUT2D eigenvalue weighted by molar-refractivity contribution is 5.34. The van der Waals surface area contributed by atoms with Crippen LogP contribution < -0.4 is 0 Å². The molecular formula is C20H29N. The summed E-state index contributed by atoms with van der Waals surface area (Å²) in [6, 6.07) is 12.8. The molecule has 1 heterocycles. The van der Waals surface area contributed by atoms with E-state index in [1.165, 1.54) is 56.2 Å². The highest BCUT2D eigenvalue weighted by Gasteiger charge is 2.07. The van der Waals surface area contributed by atoms with E-state index in [4.69, 9.17) is 0 Å². The van der Waals surface area contributed by atoms with Crippen molar-refractivity contribution in [1.29, 1.82) is 0 Å². The second-order valence-electron chi connectivity index (χ2n) is 6.15. The van der Waals surface area contributed by atoms with Crippen LogP contribution in [0.5, 0.6) is 0 Å². The van der Waals surface area contributed by atoms with Gasteiger partial charge >= 0.3 is 0 Å². The Labute approximate surface area is 130 Å². The molecule has 0 amide bonds. The van der Waals surface area contributed by atoms with E-state index < -0.39 is 0 Å². The summed E-state index contributed by atoms with van der Waals surface area (Å²) >= 11 is 0. The van der Waals surface area contributed by atoms with Gasteiger partial charge in [0.05, 0.1) is 0 Å². The zero-order chi connectivity index (χ0) is 14.9. The smallest absolute Gasteiger partial charge is 0.0449 e. The monoisotopic (exact) mass is 283 g/mol. The summed E-state index contributed by atoms with van der Waals surface area (Å²) in [6.45, 7) is 4.64. The molecule has 0 saturated carbocycles. The van der Waals surface area contributed by atoms with Gasteiger partial charge in [-0.2, -0.15) is 0 Å². The Morgan fingerprint density at radius 2 is 1.62 bits per heavy atom. The van der Waals surface area contributed by atoms with Gasteiger partial charge in [-0.25, -0.2) is 0 Å². The maximum absolute atomic E-state index is 2.36. The summed E-state index contributed by atoms with van der Waals surface area (Å²) in [7, 11) is 0. The van der Waals surface area contributed by atoms with Crippen LogP contribution in [0.2, 0.25) is 0 Å². The molecule has 0 aliphatic rings. The van der Waals surface area contributed by atoms with Gasteiger partial charge in [-0.1, -0.05) is 70.6 Å². The van der Waals surface area contributed by atoms with Crippen molar-refractivity contribution >= 4 is 0 Å². The van der Waals surface area contributed by atoms with Crippen LogP contribution in [-0.2, 0) is 0 Å². The van der Waals surface area contributed by atoms with Crippen LogP contribution in [0.15, 0.2) is 48.8 Å². The van der Waals surface area contributed by atoms with Crippen molar-refractivity contribution in [2.24, 2.45) is 0 Å². The van der Waals surface area contributed by atoms with Gasteiger partial charge in [0.1, 0.15) is 0 Å². The summed E-state index contributed by atoms with van der Waals surface area (Å²) in [5.41, 5.74) is 2.71. The fourth-order valence-electron chi connectivity index (χ4n) is 2.86. The molecule has 1 nitrogen and oxygen atoms in total. The lowest BCUT2D eigenvalue weighted by Gasteiger charge is -2.09. The summed E-state index contributed by atoms with van der Waals surface area (Å²) in [5, 5.41) is 0. The first-order valence-corrected chi connectivity index (χ1v) is 8.54. The molecule has 21 heavy (non-hydrogen) atoms. The molecule has 114 valence electrons. The van der Waals surface area contributed by atoms with Crippen molar-refractivity contribution in [1.82, 2.24) is 4.57 Å². The average molecular weight is 283 g/mol. The van der Waals surface area contributed by atoms with Gasteiger partial charge in [0.15, 0.2) is 0 Å². The highest BCUT2D eigenvalue weighted by Crippen LogP contribution is 2.24. The van der Waals surface area contributed by atoms with Crippen molar-refractivity contribution in [3.63, 3.8) is 0 Å². The molecule has 0 fully saturated rings. The van der Waals surface area contributed by atoms with Crippen LogP contribution in [0.25, 0.3) is 5.69 Å². The SMILES string of the molecule is CCCCCCCCC(C)c1ccn(-c2ccccc2)c1. The lowest BCUT2D eigenvalue weighted by molar-refractivity contribution is 0.557. The Kier molecular flexibility index (Phi) is 6.59. The number of hydrogen-bond acceptors (Lipinski definition) is 0. The van der Waals surface area contributed by atoms with Crippen molar-refractivity contribution in [3.05, 3.63) is 54.4 Å².